The van der Waals surface area contributed by atoms with E-state index in [1.165, 1.54) is 32.4 Å². The maximum absolute atomic E-state index is 6.03. The first-order chi connectivity index (χ1) is 25.1. The van der Waals surface area contributed by atoms with Gasteiger partial charge in [0.2, 0.25) is 0 Å². The summed E-state index contributed by atoms with van der Waals surface area (Å²) in [6.07, 6.45) is 18.0. The number of nitrogens with zero attached hydrogens (tertiary/aromatic N) is 2. The number of ether oxygens (including phenoxy) is 1. The number of hydrogen-bond donors (Lipinski definition) is 0. The Hall–Kier alpha value is -4.79. The summed E-state index contributed by atoms with van der Waals surface area (Å²) in [4.78, 5) is 9.75. The summed E-state index contributed by atoms with van der Waals surface area (Å²) in [5.41, 5.74) is 7.53. The van der Waals surface area contributed by atoms with Crippen LogP contribution in [0.2, 0.25) is 0 Å². The van der Waals surface area contributed by atoms with E-state index in [0.29, 0.717) is 13.2 Å². The summed E-state index contributed by atoms with van der Waals surface area (Å²) in [6, 6.07) is 41.7. The second kappa shape index (κ2) is 16.0. The van der Waals surface area contributed by atoms with Gasteiger partial charge >= 0.3 is 288 Å². The Morgan fingerprint density at radius 2 is 1.24 bits per heavy atom. The molecule has 0 spiro atoms. The van der Waals surface area contributed by atoms with Gasteiger partial charge in [0.15, 0.2) is 0 Å². The van der Waals surface area contributed by atoms with Gasteiger partial charge in [0.1, 0.15) is 0 Å². The third kappa shape index (κ3) is 7.08. The van der Waals surface area contributed by atoms with Gasteiger partial charge in [-0.25, -0.2) is 0 Å². The van der Waals surface area contributed by atoms with Gasteiger partial charge in [-0.15, -0.1) is 0 Å². The normalized spacial score (nSPS) is 15.7. The molecule has 0 aliphatic carbocycles. The van der Waals surface area contributed by atoms with Gasteiger partial charge in [-0.2, -0.15) is 0 Å². The molecule has 1 aliphatic rings. The van der Waals surface area contributed by atoms with E-state index < -0.39 is 7.26 Å². The Morgan fingerprint density at radius 3 is 1.73 bits per heavy atom. The first-order valence-corrected chi connectivity index (χ1v) is 20.3. The fraction of sp³-hybridized carbons (Fsp3) is 0.109. The molecule has 1 saturated heterocycles. The molecule has 0 unspecified atom stereocenters. The summed E-state index contributed by atoms with van der Waals surface area (Å²) < 4.78 is 9.86. The number of rotatable bonds is 9. The molecule has 0 radical (unpaired) electrons. The standard InChI is InChI=1S/C46H39N2OP.Os/c1-4-15-35-27-38-25-26-39-28-36(31-48-46(39)45(38)47-30-35)23-24-37(29-41-33-49-32-40(41)16-5-2)34(3)50(42-17-9-6-10-18-42,43-19-11-7-12-20-43)44-21-13-8-14-22-44;/h4,6-31H,5,32-33H2,1-2H3;/q+1;/b15-4+,24-23+,37-34?,40-16?,41-29?;. The van der Waals surface area contributed by atoms with Crippen LogP contribution in [0.1, 0.15) is 31.4 Å². The molecular formula is C46H39N2OOsP+. The van der Waals surface area contributed by atoms with Gasteiger partial charge < -0.3 is 0 Å². The Morgan fingerprint density at radius 1 is 0.725 bits per heavy atom. The first-order valence-electron chi connectivity index (χ1n) is 17.3. The van der Waals surface area contributed by atoms with Gasteiger partial charge in [0.25, 0.3) is 0 Å². The van der Waals surface area contributed by atoms with E-state index in [1.807, 2.05) is 25.4 Å². The molecule has 3 heterocycles. The van der Waals surface area contributed by atoms with Crippen molar-refractivity contribution in [1.29, 1.82) is 0 Å². The molecule has 5 heteroatoms. The van der Waals surface area contributed by atoms with E-state index >= 15 is 0 Å². The maximum atomic E-state index is 6.03. The molecule has 1 aliphatic heterocycles. The van der Waals surface area contributed by atoms with Crippen molar-refractivity contribution < 1.29 is 22.7 Å². The predicted molar refractivity (Wildman–Crippen MR) is 214 cm³/mol. The number of benzene rings is 4. The van der Waals surface area contributed by atoms with Crippen LogP contribution >= 0.6 is 7.26 Å². The third-order valence-electron chi connectivity index (χ3n) is 9.19. The molecule has 0 amide bonds. The summed E-state index contributed by atoms with van der Waals surface area (Å²) in [6.45, 7) is 5.43. The third-order valence-corrected chi connectivity index (χ3v) is 14.6. The Bertz CT molecular complexity index is 2290. The first kappa shape index (κ1) is 34.6. The topological polar surface area (TPSA) is 35.0 Å². The molecule has 0 bridgehead atoms. The molecule has 0 saturated carbocycles. The van der Waals surface area contributed by atoms with Crippen molar-refractivity contribution in [2.24, 2.45) is 0 Å². The van der Waals surface area contributed by atoms with Gasteiger partial charge in [-0.1, -0.05) is 12.2 Å². The number of aromatic nitrogens is 2. The molecule has 251 valence electrons. The van der Waals surface area contributed by atoms with Crippen molar-refractivity contribution in [3.63, 3.8) is 0 Å². The minimum absolute atomic E-state index is 0.587. The van der Waals surface area contributed by atoms with Crippen LogP contribution in [-0.2, 0) is 22.7 Å². The Balaban J connectivity index is 1.47. The number of fused-ring (bicyclic) bond motifs is 3. The minimum atomic E-state index is -2.42. The molecule has 0 N–H and O–H groups in total. The van der Waals surface area contributed by atoms with E-state index in [4.69, 9.17) is 14.7 Å². The van der Waals surface area contributed by atoms with Gasteiger partial charge in [-0.3, -0.25) is 0 Å². The average molecular weight is 857 g/mol. The zero-order chi connectivity index (χ0) is 35.0. The molecule has 0 atom stereocenters. The number of allylic oxidation sites excluding steroid dienone is 6. The van der Waals surface area contributed by atoms with Gasteiger partial charge in [0, 0.05) is 0 Å². The van der Waals surface area contributed by atoms with Crippen molar-refractivity contribution in [3.8, 4) is 4.37 Å². The second-order valence-corrected chi connectivity index (χ2v) is 16.4. The van der Waals surface area contributed by atoms with E-state index in [0.717, 1.165) is 44.9 Å². The van der Waals surface area contributed by atoms with E-state index in [9.17, 15) is 0 Å². The summed E-state index contributed by atoms with van der Waals surface area (Å²) in [5, 5.41) is 7.21. The SMILES string of the molecule is C/C=C/c1cnc2c(ccc3cc(/C=C/C(C=C4COCC4=CCC)=C([C]#[Os])[P+](c4ccccc4)(c4ccccc4)c4ccccc4)cnc32)c1. The van der Waals surface area contributed by atoms with Crippen LogP contribution in [0, 0.1) is 4.37 Å². The van der Waals surface area contributed by atoms with Crippen molar-refractivity contribution >= 4 is 57.1 Å². The van der Waals surface area contributed by atoms with Crippen LogP contribution in [0.3, 0.4) is 0 Å². The van der Waals surface area contributed by atoms with Crippen LogP contribution in [0.25, 0.3) is 34.0 Å². The number of hydrogen-bond acceptors (Lipinski definition) is 3. The van der Waals surface area contributed by atoms with E-state index in [2.05, 4.69) is 157 Å². The van der Waals surface area contributed by atoms with Crippen LogP contribution in [-0.4, -0.2) is 23.2 Å². The monoisotopic (exact) mass is 858 g/mol. The molecule has 6 aromatic rings. The number of pyridine rings is 2. The molecule has 51 heavy (non-hydrogen) atoms. The van der Waals surface area contributed by atoms with E-state index in [1.54, 1.807) is 17.9 Å². The quantitative estimate of drug-likeness (QED) is 0.0826. The zero-order valence-corrected chi connectivity index (χ0v) is 32.2. The molecule has 1 fully saturated rings. The molecule has 4 aromatic carbocycles. The van der Waals surface area contributed by atoms with Crippen molar-refractivity contribution in [1.82, 2.24) is 9.97 Å². The average Bonchev–Trinajstić information content (AvgIpc) is 3.63. The van der Waals surface area contributed by atoms with Gasteiger partial charge in [-0.05, 0) is 12.5 Å². The van der Waals surface area contributed by atoms with Crippen molar-refractivity contribution in [2.75, 3.05) is 13.2 Å². The zero-order valence-electron chi connectivity index (χ0n) is 28.8. The fourth-order valence-corrected chi connectivity index (χ4v) is 12.7. The Labute approximate surface area is 311 Å². The molecular weight excluding hydrogens is 818 g/mol. The summed E-state index contributed by atoms with van der Waals surface area (Å²) >= 11 is 1.81. The summed E-state index contributed by atoms with van der Waals surface area (Å²) in [7, 11) is -2.42. The van der Waals surface area contributed by atoms with Crippen LogP contribution in [0.5, 0.6) is 0 Å². The predicted octanol–water partition coefficient (Wildman–Crippen LogP) is 9.88. The van der Waals surface area contributed by atoms with E-state index in [-0.39, 0.29) is 0 Å². The van der Waals surface area contributed by atoms with Crippen LogP contribution in [0.15, 0.2) is 174 Å². The van der Waals surface area contributed by atoms with Crippen molar-refractivity contribution in [3.05, 3.63) is 185 Å². The Kier molecular flexibility index (Phi) is 10.9. The molecule has 2 aromatic heterocycles. The fourth-order valence-electron chi connectivity index (χ4n) is 6.89. The van der Waals surface area contributed by atoms with Crippen LogP contribution in [0.4, 0.5) is 0 Å². The van der Waals surface area contributed by atoms with Crippen molar-refractivity contribution in [2.45, 2.75) is 20.3 Å². The van der Waals surface area contributed by atoms with Gasteiger partial charge in [0.05, 0.1) is 0 Å². The molecule has 7 rings (SSSR count). The molecule has 3 nitrogen and oxygen atoms in total. The van der Waals surface area contributed by atoms with Crippen LogP contribution < -0.4 is 15.9 Å². The summed E-state index contributed by atoms with van der Waals surface area (Å²) in [5.74, 6) is 0. The second-order valence-electron chi connectivity index (χ2n) is 12.4.